The van der Waals surface area contributed by atoms with Crippen molar-refractivity contribution in [1.29, 1.82) is 0 Å². The fourth-order valence-electron chi connectivity index (χ4n) is 2.79. The molecule has 2 aliphatic heterocycles. The summed E-state index contributed by atoms with van der Waals surface area (Å²) in [4.78, 5) is 22.0. The summed E-state index contributed by atoms with van der Waals surface area (Å²) in [6.07, 6.45) is 5.83. The van der Waals surface area contributed by atoms with Crippen LogP contribution in [0, 0.1) is 5.92 Å². The lowest BCUT2D eigenvalue weighted by Gasteiger charge is -2.41. The molecule has 6 heteroatoms. The molecule has 0 aliphatic carbocycles. The maximum atomic E-state index is 11.3. The van der Waals surface area contributed by atoms with E-state index in [0.29, 0.717) is 24.1 Å². The van der Waals surface area contributed by atoms with Crippen molar-refractivity contribution in [2.45, 2.75) is 25.3 Å². The van der Waals surface area contributed by atoms with Gasteiger partial charge in [0.1, 0.15) is 0 Å². The van der Waals surface area contributed by atoms with Gasteiger partial charge >= 0.3 is 0 Å². The smallest absolute Gasteiger partial charge is 0.225 e. The number of nitrogens with two attached hydrogens (primary N) is 1. The molecule has 0 bridgehead atoms. The molecule has 2 aliphatic rings. The maximum Gasteiger partial charge on any atom is 0.225 e. The third kappa shape index (κ3) is 2.10. The van der Waals surface area contributed by atoms with Crippen LogP contribution in [-0.4, -0.2) is 35.0 Å². The molecular formula is C12H17N5O. The standard InChI is InChI=1S/C12H17N5O/c13-9-5-14-12(15-6-9)17-4-3-10-8(7-17)1-2-11(18)16-10/h5-6,8,10H,1-4,7,13H2,(H,16,18). The molecule has 6 nitrogen and oxygen atoms in total. The Labute approximate surface area is 106 Å². The van der Waals surface area contributed by atoms with Gasteiger partial charge in [-0.25, -0.2) is 9.97 Å². The van der Waals surface area contributed by atoms with Crippen molar-refractivity contribution in [3.63, 3.8) is 0 Å². The van der Waals surface area contributed by atoms with E-state index in [2.05, 4.69) is 20.2 Å². The molecule has 1 aromatic rings. The van der Waals surface area contributed by atoms with Crippen LogP contribution in [0.1, 0.15) is 19.3 Å². The Morgan fingerprint density at radius 3 is 2.89 bits per heavy atom. The summed E-state index contributed by atoms with van der Waals surface area (Å²) in [6.45, 7) is 1.79. The number of nitrogen functional groups attached to an aromatic ring is 1. The Hall–Kier alpha value is -1.85. The first-order valence-corrected chi connectivity index (χ1v) is 6.34. The van der Waals surface area contributed by atoms with Crippen molar-refractivity contribution in [3.05, 3.63) is 12.4 Å². The lowest BCUT2D eigenvalue weighted by molar-refractivity contribution is -0.124. The molecule has 3 heterocycles. The van der Waals surface area contributed by atoms with Crippen molar-refractivity contribution in [3.8, 4) is 0 Å². The molecule has 96 valence electrons. The molecule has 18 heavy (non-hydrogen) atoms. The molecule has 3 rings (SSSR count). The summed E-state index contributed by atoms with van der Waals surface area (Å²) < 4.78 is 0. The van der Waals surface area contributed by atoms with Crippen LogP contribution in [0.25, 0.3) is 0 Å². The quantitative estimate of drug-likeness (QED) is 0.738. The minimum absolute atomic E-state index is 0.188. The molecule has 2 fully saturated rings. The number of hydrogen-bond donors (Lipinski definition) is 2. The molecule has 2 atom stereocenters. The summed E-state index contributed by atoms with van der Waals surface area (Å²) in [5.74, 6) is 1.44. The van der Waals surface area contributed by atoms with Crippen molar-refractivity contribution < 1.29 is 4.79 Å². The van der Waals surface area contributed by atoms with Crippen molar-refractivity contribution in [2.24, 2.45) is 5.92 Å². The van der Waals surface area contributed by atoms with Gasteiger partial charge in [0.25, 0.3) is 0 Å². The highest BCUT2D eigenvalue weighted by Gasteiger charge is 2.34. The molecule has 1 amide bonds. The van der Waals surface area contributed by atoms with Gasteiger partial charge in [0.2, 0.25) is 11.9 Å². The third-order valence-electron chi connectivity index (χ3n) is 3.76. The van der Waals surface area contributed by atoms with E-state index in [1.165, 1.54) is 0 Å². The zero-order valence-corrected chi connectivity index (χ0v) is 10.2. The van der Waals surface area contributed by atoms with E-state index in [-0.39, 0.29) is 5.91 Å². The highest BCUT2D eigenvalue weighted by atomic mass is 16.1. The summed E-state index contributed by atoms with van der Waals surface area (Å²) in [6, 6.07) is 0.330. The number of aromatic nitrogens is 2. The molecule has 2 unspecified atom stereocenters. The Kier molecular flexibility index (Phi) is 2.77. The van der Waals surface area contributed by atoms with Gasteiger partial charge < -0.3 is 16.0 Å². The Morgan fingerprint density at radius 2 is 2.11 bits per heavy atom. The second-order valence-electron chi connectivity index (χ2n) is 5.02. The van der Waals surface area contributed by atoms with Gasteiger partial charge in [-0.1, -0.05) is 0 Å². The van der Waals surface area contributed by atoms with Crippen LogP contribution in [0.5, 0.6) is 0 Å². The number of rotatable bonds is 1. The number of carbonyl (C=O) groups is 1. The number of hydrogen-bond acceptors (Lipinski definition) is 5. The van der Waals surface area contributed by atoms with Crippen LogP contribution in [0.2, 0.25) is 0 Å². The Morgan fingerprint density at radius 1 is 1.33 bits per heavy atom. The van der Waals surface area contributed by atoms with Gasteiger partial charge in [-0.3, -0.25) is 4.79 Å². The predicted octanol–water partition coefficient (Wildman–Crippen LogP) is 0.164. The first kappa shape index (κ1) is 11.3. The highest BCUT2D eigenvalue weighted by Crippen LogP contribution is 2.27. The molecule has 0 aromatic carbocycles. The number of carbonyl (C=O) groups excluding carboxylic acids is 1. The molecular weight excluding hydrogens is 230 g/mol. The highest BCUT2D eigenvalue weighted by molar-refractivity contribution is 5.77. The number of amides is 1. The minimum Gasteiger partial charge on any atom is -0.396 e. The molecule has 1 aromatic heterocycles. The van der Waals surface area contributed by atoms with Crippen LogP contribution in [-0.2, 0) is 4.79 Å². The van der Waals surface area contributed by atoms with Gasteiger partial charge in [-0.2, -0.15) is 0 Å². The summed E-state index contributed by atoms with van der Waals surface area (Å²) in [7, 11) is 0. The fourth-order valence-corrected chi connectivity index (χ4v) is 2.79. The SMILES string of the molecule is Nc1cnc(N2CCC3NC(=O)CCC3C2)nc1. The number of fused-ring (bicyclic) bond motifs is 1. The summed E-state index contributed by atoms with van der Waals surface area (Å²) >= 11 is 0. The van der Waals surface area contributed by atoms with Gasteiger partial charge in [-0.15, -0.1) is 0 Å². The van der Waals surface area contributed by atoms with E-state index >= 15 is 0 Å². The molecule has 0 spiro atoms. The van der Waals surface area contributed by atoms with Crippen LogP contribution >= 0.6 is 0 Å². The number of anilines is 2. The van der Waals surface area contributed by atoms with Gasteiger partial charge in [-0.05, 0) is 18.8 Å². The predicted molar refractivity (Wildman–Crippen MR) is 67.9 cm³/mol. The number of nitrogens with one attached hydrogen (secondary N) is 1. The topological polar surface area (TPSA) is 84.1 Å². The zero-order valence-electron chi connectivity index (χ0n) is 10.2. The normalized spacial score (nSPS) is 27.6. The Bertz CT molecular complexity index is 446. The average molecular weight is 247 g/mol. The molecule has 0 radical (unpaired) electrons. The van der Waals surface area contributed by atoms with E-state index in [9.17, 15) is 4.79 Å². The first-order valence-electron chi connectivity index (χ1n) is 6.34. The largest absolute Gasteiger partial charge is 0.396 e. The van der Waals surface area contributed by atoms with E-state index in [0.717, 1.165) is 31.9 Å². The maximum absolute atomic E-state index is 11.3. The van der Waals surface area contributed by atoms with Crippen LogP contribution in [0.3, 0.4) is 0 Å². The van der Waals surface area contributed by atoms with Gasteiger partial charge in [0.15, 0.2) is 0 Å². The summed E-state index contributed by atoms with van der Waals surface area (Å²) in [5.41, 5.74) is 6.17. The van der Waals surface area contributed by atoms with Gasteiger partial charge in [0.05, 0.1) is 18.1 Å². The fraction of sp³-hybridized carbons (Fsp3) is 0.583. The molecule has 3 N–H and O–H groups in total. The monoisotopic (exact) mass is 247 g/mol. The number of piperidine rings is 2. The summed E-state index contributed by atoms with van der Waals surface area (Å²) in [5, 5.41) is 3.07. The van der Waals surface area contributed by atoms with Crippen LogP contribution in [0.15, 0.2) is 12.4 Å². The number of nitrogens with zero attached hydrogens (tertiary/aromatic N) is 3. The molecule has 0 saturated carbocycles. The van der Waals surface area contributed by atoms with Crippen molar-refractivity contribution in [2.75, 3.05) is 23.7 Å². The minimum atomic E-state index is 0.188. The van der Waals surface area contributed by atoms with Gasteiger partial charge in [0, 0.05) is 25.6 Å². The van der Waals surface area contributed by atoms with Crippen molar-refractivity contribution in [1.82, 2.24) is 15.3 Å². The van der Waals surface area contributed by atoms with E-state index in [1.54, 1.807) is 12.4 Å². The van der Waals surface area contributed by atoms with E-state index < -0.39 is 0 Å². The second kappa shape index (κ2) is 4.44. The first-order chi connectivity index (χ1) is 8.72. The van der Waals surface area contributed by atoms with Crippen LogP contribution in [0.4, 0.5) is 11.6 Å². The molecule has 2 saturated heterocycles. The Balaban J connectivity index is 1.70. The lowest BCUT2D eigenvalue weighted by atomic mass is 9.85. The average Bonchev–Trinajstić information content (AvgIpc) is 2.39. The van der Waals surface area contributed by atoms with E-state index in [1.807, 2.05) is 0 Å². The van der Waals surface area contributed by atoms with Crippen molar-refractivity contribution >= 4 is 17.5 Å². The zero-order chi connectivity index (χ0) is 12.5. The second-order valence-corrected chi connectivity index (χ2v) is 5.02. The van der Waals surface area contributed by atoms with E-state index in [4.69, 9.17) is 5.73 Å². The van der Waals surface area contributed by atoms with Crippen LogP contribution < -0.4 is 16.0 Å². The third-order valence-corrected chi connectivity index (χ3v) is 3.76. The lowest BCUT2D eigenvalue weighted by Crippen LogP contribution is -2.54.